The van der Waals surface area contributed by atoms with Gasteiger partial charge in [0.2, 0.25) is 11.8 Å². The molecule has 362 valence electrons. The van der Waals surface area contributed by atoms with E-state index >= 15 is 0 Å². The van der Waals surface area contributed by atoms with E-state index in [1.165, 1.54) is 0 Å². The van der Waals surface area contributed by atoms with Crippen LogP contribution in [0.4, 0.5) is 0 Å². The smallest absolute Gasteiger partial charge is 0.332 e. The topological polar surface area (TPSA) is 222 Å². The molecule has 2 atom stereocenters. The number of nitrogens with one attached hydrogen (secondary N) is 3. The minimum atomic E-state index is -1.24. The molecule has 0 unspecified atom stereocenters. The van der Waals surface area contributed by atoms with E-state index in [1.807, 2.05) is 84.9 Å². The molecule has 9 N–H and O–H groups in total. The second-order valence-corrected chi connectivity index (χ2v) is 18.2. The van der Waals surface area contributed by atoms with Crippen LogP contribution in [0.3, 0.4) is 0 Å². The number of ether oxygens (including phenoxy) is 3. The van der Waals surface area contributed by atoms with Gasteiger partial charge in [0.1, 0.15) is 29.7 Å². The molecule has 0 heterocycles. The highest BCUT2D eigenvalue weighted by Gasteiger charge is 2.43. The summed E-state index contributed by atoms with van der Waals surface area (Å²) in [4.78, 5) is 59.9. The highest BCUT2D eigenvalue weighted by atomic mass is 16.5. The highest BCUT2D eigenvalue weighted by Crippen LogP contribution is 2.45. The Morgan fingerprint density at radius 2 is 1.32 bits per heavy atom. The van der Waals surface area contributed by atoms with Gasteiger partial charge in [0.15, 0.2) is 12.6 Å². The third kappa shape index (κ3) is 14.4. The number of hydrogen-bond donors (Lipinski definition) is 6. The summed E-state index contributed by atoms with van der Waals surface area (Å²) in [5, 5.41) is 12.9. The Labute approximate surface area is 400 Å². The van der Waals surface area contributed by atoms with Gasteiger partial charge in [-0.25, -0.2) is 4.79 Å². The first kappa shape index (κ1) is 50.7. The van der Waals surface area contributed by atoms with E-state index in [-0.39, 0.29) is 38.6 Å². The summed E-state index contributed by atoms with van der Waals surface area (Å²) < 4.78 is 18.7. The first-order chi connectivity index (χ1) is 33.0. The van der Waals surface area contributed by atoms with E-state index in [0.29, 0.717) is 63.3 Å². The molecule has 0 saturated heterocycles. The lowest BCUT2D eigenvalue weighted by Gasteiger charge is -2.37. The number of unbranched alkanes of at least 4 members (excludes halogenated alkanes) is 1. The molecule has 0 aliphatic heterocycles. The zero-order chi connectivity index (χ0) is 48.3. The molecule has 0 spiro atoms. The zero-order valence-corrected chi connectivity index (χ0v) is 39.6. The Hall–Kier alpha value is -6.67. The van der Waals surface area contributed by atoms with Gasteiger partial charge in [0.25, 0.3) is 5.91 Å². The van der Waals surface area contributed by atoms with Crippen LogP contribution >= 0.6 is 0 Å². The number of benzene rings is 5. The monoisotopic (exact) mass is 928 g/mol. The number of esters is 1. The van der Waals surface area contributed by atoms with Crippen molar-refractivity contribution in [2.24, 2.45) is 28.1 Å². The van der Waals surface area contributed by atoms with E-state index < -0.39 is 41.3 Å². The number of amides is 3. The fourth-order valence-corrected chi connectivity index (χ4v) is 8.81. The van der Waals surface area contributed by atoms with Crippen molar-refractivity contribution < 1.29 is 33.4 Å². The molecule has 1 saturated carbocycles. The second kappa shape index (κ2) is 25.5. The lowest BCUT2D eigenvalue weighted by atomic mass is 9.81. The summed E-state index contributed by atoms with van der Waals surface area (Å²) in [6.45, 7) is 5.30. The molecule has 3 amide bonds. The van der Waals surface area contributed by atoms with Crippen LogP contribution in [0.25, 0.3) is 32.7 Å². The number of hydrogen-bond acceptors (Lipinski definition) is 9. The number of nitrogens with zero attached hydrogens (tertiary/aromatic N) is 1. The van der Waals surface area contributed by atoms with Crippen molar-refractivity contribution in [3.05, 3.63) is 109 Å². The minimum Gasteiger partial charge on any atom is -0.493 e. The second-order valence-electron chi connectivity index (χ2n) is 18.2. The SMILES string of the molecule is CC(C)CCOc1ccc2ccccc2c1-c1c(OCC(=O)N[C@H](CCCCN)CC(=O)N[C@H](CCCN=C(N)N)C(=O)NC2(C(=O)OCc3ccccc3)CCCCC2)ccc2ccccc12. The number of rotatable bonds is 25. The summed E-state index contributed by atoms with van der Waals surface area (Å²) in [6.07, 6.45) is 6.34. The summed E-state index contributed by atoms with van der Waals surface area (Å²) in [7, 11) is 0. The predicted molar refractivity (Wildman–Crippen MR) is 269 cm³/mol. The minimum absolute atomic E-state index is 0.0698. The van der Waals surface area contributed by atoms with Crippen molar-refractivity contribution in [2.75, 3.05) is 26.3 Å². The summed E-state index contributed by atoms with van der Waals surface area (Å²) >= 11 is 0. The van der Waals surface area contributed by atoms with Crippen molar-refractivity contribution in [1.29, 1.82) is 0 Å². The van der Waals surface area contributed by atoms with Crippen molar-refractivity contribution in [1.82, 2.24) is 16.0 Å². The Morgan fingerprint density at radius 1 is 0.691 bits per heavy atom. The Bertz CT molecular complexity index is 2480. The maximum Gasteiger partial charge on any atom is 0.332 e. The molecule has 0 bridgehead atoms. The normalized spacial score (nSPS) is 14.1. The molecule has 14 nitrogen and oxygen atoms in total. The number of aliphatic imine (C=N–C) groups is 1. The van der Waals surface area contributed by atoms with Gasteiger partial charge in [-0.2, -0.15) is 0 Å². The van der Waals surface area contributed by atoms with Gasteiger partial charge in [0.05, 0.1) is 6.61 Å². The lowest BCUT2D eigenvalue weighted by Crippen LogP contribution is -2.60. The van der Waals surface area contributed by atoms with E-state index in [4.69, 9.17) is 31.4 Å². The zero-order valence-electron chi connectivity index (χ0n) is 39.6. The maximum atomic E-state index is 14.2. The van der Waals surface area contributed by atoms with Crippen LogP contribution in [-0.2, 0) is 30.5 Å². The molecule has 5 aromatic carbocycles. The molecule has 1 aliphatic rings. The van der Waals surface area contributed by atoms with Crippen molar-refractivity contribution in [2.45, 2.75) is 115 Å². The molecule has 14 heteroatoms. The molecular weight excluding hydrogens is 859 g/mol. The third-order valence-corrected chi connectivity index (χ3v) is 12.4. The van der Waals surface area contributed by atoms with Gasteiger partial charge in [-0.3, -0.25) is 19.4 Å². The molecule has 68 heavy (non-hydrogen) atoms. The van der Waals surface area contributed by atoms with Gasteiger partial charge < -0.3 is 47.4 Å². The van der Waals surface area contributed by atoms with Crippen LogP contribution < -0.4 is 42.6 Å². The molecule has 5 aromatic rings. The summed E-state index contributed by atoms with van der Waals surface area (Å²) in [5.41, 5.74) is 18.3. The molecule has 0 aromatic heterocycles. The Morgan fingerprint density at radius 3 is 1.96 bits per heavy atom. The van der Waals surface area contributed by atoms with Gasteiger partial charge in [0, 0.05) is 30.1 Å². The van der Waals surface area contributed by atoms with Crippen molar-refractivity contribution in [3.63, 3.8) is 0 Å². The van der Waals surface area contributed by atoms with E-state index in [1.54, 1.807) is 0 Å². The summed E-state index contributed by atoms with van der Waals surface area (Å²) in [5.74, 6) is -0.272. The predicted octanol–water partition coefficient (Wildman–Crippen LogP) is 7.57. The first-order valence-electron chi connectivity index (χ1n) is 24.1. The number of nitrogens with two attached hydrogens (primary N) is 3. The Kier molecular flexibility index (Phi) is 19.0. The van der Waals surface area contributed by atoms with Crippen molar-refractivity contribution >= 4 is 51.2 Å². The van der Waals surface area contributed by atoms with Crippen LogP contribution in [0.5, 0.6) is 11.5 Å². The first-order valence-corrected chi connectivity index (χ1v) is 24.1. The quantitative estimate of drug-likeness (QED) is 0.0146. The fourth-order valence-electron chi connectivity index (χ4n) is 8.81. The number of carbonyl (C=O) groups is 4. The molecule has 6 rings (SSSR count). The average Bonchev–Trinajstić information content (AvgIpc) is 3.33. The molecule has 1 fully saturated rings. The van der Waals surface area contributed by atoms with Crippen LogP contribution in [0.1, 0.15) is 96.5 Å². The molecule has 0 radical (unpaired) electrons. The van der Waals surface area contributed by atoms with Gasteiger partial charge in [-0.1, -0.05) is 131 Å². The largest absolute Gasteiger partial charge is 0.493 e. The highest BCUT2D eigenvalue weighted by molar-refractivity contribution is 6.10. The van der Waals surface area contributed by atoms with Gasteiger partial charge in [-0.05, 0) is 96.6 Å². The van der Waals surface area contributed by atoms with Crippen LogP contribution in [0, 0.1) is 5.92 Å². The summed E-state index contributed by atoms with van der Waals surface area (Å²) in [6, 6.07) is 31.9. The number of fused-ring (bicyclic) bond motifs is 2. The van der Waals surface area contributed by atoms with E-state index in [2.05, 4.69) is 53.0 Å². The van der Waals surface area contributed by atoms with Crippen LogP contribution in [-0.4, -0.2) is 73.6 Å². The van der Waals surface area contributed by atoms with E-state index in [9.17, 15) is 19.2 Å². The standard InChI is InChI=1S/C54H69N7O7/c1-37(2)28-33-66-45-26-24-39-18-7-9-21-42(39)49(45)50-43-22-10-8-19-40(43)25-27-46(50)67-36-48(63)59-41(20-11-14-31-55)34-47(62)60-44(23-15-32-58-53(56)57)51(64)61-54(29-12-4-13-30-54)52(65)68-35-38-16-5-3-6-17-38/h3,5-10,16-19,21-22,24-27,37,41,44H,4,11-15,20,23,28-36,55H2,1-2H3,(H,59,63)(H,60,62)(H,61,64)(H4,56,57,58)/t41-,44-/m1/s1. The molecule has 1 aliphatic carbocycles. The van der Waals surface area contributed by atoms with Gasteiger partial charge >= 0.3 is 5.97 Å². The average molecular weight is 928 g/mol. The lowest BCUT2D eigenvalue weighted by molar-refractivity contribution is -0.157. The van der Waals surface area contributed by atoms with Crippen LogP contribution in [0.2, 0.25) is 0 Å². The molecular formula is C54H69N7O7. The number of carbonyl (C=O) groups excluding carboxylic acids is 4. The van der Waals surface area contributed by atoms with E-state index in [0.717, 1.165) is 69.7 Å². The van der Waals surface area contributed by atoms with Crippen LogP contribution in [0.15, 0.2) is 108 Å². The fraction of sp³-hybridized carbons (Fsp3) is 0.426. The van der Waals surface area contributed by atoms with Crippen molar-refractivity contribution in [3.8, 4) is 22.6 Å². The van der Waals surface area contributed by atoms with Gasteiger partial charge in [-0.15, -0.1) is 0 Å². The third-order valence-electron chi connectivity index (χ3n) is 12.4. The maximum absolute atomic E-state index is 14.2. The Balaban J connectivity index is 1.19. The number of guanidine groups is 1.